The molecule has 0 saturated carbocycles. The maximum Gasteiger partial charge on any atom is 0.270 e. The van der Waals surface area contributed by atoms with Crippen LogP contribution in [0.3, 0.4) is 0 Å². The minimum absolute atomic E-state index is 0.0378. The Labute approximate surface area is 166 Å². The lowest BCUT2D eigenvalue weighted by Gasteiger charge is -2.33. The van der Waals surface area contributed by atoms with Gasteiger partial charge in [-0.3, -0.25) is 9.59 Å². The Kier molecular flexibility index (Phi) is 4.04. The summed E-state index contributed by atoms with van der Waals surface area (Å²) in [6, 6.07) is 5.00. The van der Waals surface area contributed by atoms with E-state index in [-0.39, 0.29) is 29.9 Å². The molecule has 2 N–H and O–H groups in total. The molecule has 1 aromatic carbocycles. The van der Waals surface area contributed by atoms with E-state index < -0.39 is 23.2 Å². The van der Waals surface area contributed by atoms with Crippen LogP contribution in [0.5, 0.6) is 0 Å². The standard InChI is InChI=1S/C20H15F2N3O3S/c1-25(20(27)14-6-17-13(23-14)2-3-29-17)16-8-28-7-15-18(16)9-4-11(21)12(22)5-10(9)19(26)24-15/h2-6,16,23H,7-8H2,1H3,(H,24,26)/t16-/m0/s1. The predicted molar refractivity (Wildman–Crippen MR) is 105 cm³/mol. The molecule has 0 bridgehead atoms. The second-order valence-electron chi connectivity index (χ2n) is 6.99. The highest BCUT2D eigenvalue weighted by Crippen LogP contribution is 2.34. The molecule has 4 aromatic rings. The van der Waals surface area contributed by atoms with Crippen LogP contribution in [-0.4, -0.2) is 34.4 Å². The molecule has 0 fully saturated rings. The molecular weight excluding hydrogens is 400 g/mol. The fourth-order valence-corrected chi connectivity index (χ4v) is 4.63. The van der Waals surface area contributed by atoms with Gasteiger partial charge in [0.2, 0.25) is 0 Å². The molecule has 1 aliphatic heterocycles. The van der Waals surface area contributed by atoms with Gasteiger partial charge in [0.1, 0.15) is 5.69 Å². The summed E-state index contributed by atoms with van der Waals surface area (Å²) in [4.78, 5) is 32.7. The minimum atomic E-state index is -1.09. The first-order valence-electron chi connectivity index (χ1n) is 8.89. The van der Waals surface area contributed by atoms with E-state index in [2.05, 4.69) is 9.97 Å². The molecule has 1 aliphatic rings. The van der Waals surface area contributed by atoms with Crippen molar-refractivity contribution in [2.24, 2.45) is 0 Å². The van der Waals surface area contributed by atoms with Crippen LogP contribution in [0.15, 0.2) is 34.4 Å². The maximum absolute atomic E-state index is 14.0. The van der Waals surface area contributed by atoms with Crippen LogP contribution in [0.1, 0.15) is 27.8 Å². The fourth-order valence-electron chi connectivity index (χ4n) is 3.84. The number of fused-ring (bicyclic) bond motifs is 4. The van der Waals surface area contributed by atoms with E-state index in [0.29, 0.717) is 17.0 Å². The number of amides is 1. The predicted octanol–water partition coefficient (Wildman–Crippen LogP) is 3.69. The van der Waals surface area contributed by atoms with Gasteiger partial charge in [0.25, 0.3) is 11.5 Å². The zero-order valence-electron chi connectivity index (χ0n) is 15.2. The number of ether oxygens (including phenoxy) is 1. The number of pyridine rings is 1. The number of aromatic nitrogens is 2. The first-order valence-corrected chi connectivity index (χ1v) is 9.77. The minimum Gasteiger partial charge on any atom is -0.373 e. The lowest BCUT2D eigenvalue weighted by atomic mass is 9.95. The van der Waals surface area contributed by atoms with Crippen molar-refractivity contribution in [1.82, 2.24) is 14.9 Å². The Balaban J connectivity index is 1.63. The molecule has 148 valence electrons. The average molecular weight is 415 g/mol. The van der Waals surface area contributed by atoms with Gasteiger partial charge >= 0.3 is 0 Å². The average Bonchev–Trinajstić information content (AvgIpc) is 3.30. The molecule has 1 atom stereocenters. The number of nitrogens with zero attached hydrogens (tertiary/aromatic N) is 1. The third kappa shape index (κ3) is 2.77. The molecular formula is C20H15F2N3O3S. The normalized spacial score (nSPS) is 16.3. The van der Waals surface area contributed by atoms with Crippen molar-refractivity contribution in [3.63, 3.8) is 0 Å². The van der Waals surface area contributed by atoms with Gasteiger partial charge in [-0.05, 0) is 35.0 Å². The van der Waals surface area contributed by atoms with Gasteiger partial charge in [0.05, 0.1) is 34.9 Å². The molecule has 0 saturated heterocycles. The van der Waals surface area contributed by atoms with Crippen LogP contribution < -0.4 is 5.56 Å². The number of thiophene rings is 1. The molecule has 6 nitrogen and oxygen atoms in total. The van der Waals surface area contributed by atoms with E-state index in [4.69, 9.17) is 4.74 Å². The molecule has 5 rings (SSSR count). The third-order valence-electron chi connectivity index (χ3n) is 5.30. The monoisotopic (exact) mass is 415 g/mol. The number of rotatable bonds is 2. The summed E-state index contributed by atoms with van der Waals surface area (Å²) in [5, 5.41) is 2.25. The van der Waals surface area contributed by atoms with Crippen molar-refractivity contribution >= 4 is 38.2 Å². The Hall–Kier alpha value is -3.04. The van der Waals surface area contributed by atoms with Crippen LogP contribution >= 0.6 is 11.3 Å². The van der Waals surface area contributed by atoms with Crippen molar-refractivity contribution in [3.05, 3.63) is 68.6 Å². The SMILES string of the molecule is CN(C(=O)c1cc2sccc2[nH]1)[C@H]1COCc2[nH]c(=O)c3cc(F)c(F)cc3c21. The molecule has 29 heavy (non-hydrogen) atoms. The first kappa shape index (κ1) is 18.0. The van der Waals surface area contributed by atoms with Crippen molar-refractivity contribution in [1.29, 1.82) is 0 Å². The van der Waals surface area contributed by atoms with Crippen LogP contribution in [-0.2, 0) is 11.3 Å². The highest BCUT2D eigenvalue weighted by Gasteiger charge is 2.32. The highest BCUT2D eigenvalue weighted by atomic mass is 32.1. The third-order valence-corrected chi connectivity index (χ3v) is 6.16. The molecule has 4 heterocycles. The van der Waals surface area contributed by atoms with E-state index in [1.54, 1.807) is 13.1 Å². The molecule has 0 aliphatic carbocycles. The largest absolute Gasteiger partial charge is 0.373 e. The molecule has 0 unspecified atom stereocenters. The van der Waals surface area contributed by atoms with Gasteiger partial charge in [-0.15, -0.1) is 11.3 Å². The number of aromatic amines is 2. The quantitative estimate of drug-likeness (QED) is 0.524. The van der Waals surface area contributed by atoms with Crippen molar-refractivity contribution in [3.8, 4) is 0 Å². The van der Waals surface area contributed by atoms with E-state index in [0.717, 1.165) is 22.3 Å². The Morgan fingerprint density at radius 1 is 1.21 bits per heavy atom. The number of hydrogen-bond acceptors (Lipinski definition) is 4. The number of hydrogen-bond donors (Lipinski definition) is 2. The Morgan fingerprint density at radius 3 is 2.72 bits per heavy atom. The lowest BCUT2D eigenvalue weighted by molar-refractivity contribution is 0.0333. The van der Waals surface area contributed by atoms with Gasteiger partial charge in [-0.1, -0.05) is 0 Å². The van der Waals surface area contributed by atoms with Gasteiger partial charge in [0.15, 0.2) is 11.6 Å². The molecule has 0 spiro atoms. The summed E-state index contributed by atoms with van der Waals surface area (Å²) >= 11 is 1.52. The number of halogens is 2. The number of carbonyl (C=O) groups is 1. The van der Waals surface area contributed by atoms with Crippen LogP contribution in [0.25, 0.3) is 21.0 Å². The molecule has 9 heteroatoms. The number of carbonyl (C=O) groups excluding carboxylic acids is 1. The number of nitrogens with one attached hydrogen (secondary N) is 2. The smallest absolute Gasteiger partial charge is 0.270 e. The van der Waals surface area contributed by atoms with Crippen molar-refractivity contribution < 1.29 is 18.3 Å². The van der Waals surface area contributed by atoms with Gasteiger partial charge in [-0.2, -0.15) is 0 Å². The zero-order valence-corrected chi connectivity index (χ0v) is 16.0. The van der Waals surface area contributed by atoms with Crippen LogP contribution in [0.2, 0.25) is 0 Å². The van der Waals surface area contributed by atoms with Crippen LogP contribution in [0, 0.1) is 11.6 Å². The summed E-state index contributed by atoms with van der Waals surface area (Å²) < 4.78 is 34.2. The number of benzene rings is 1. The topological polar surface area (TPSA) is 78.2 Å². The summed E-state index contributed by atoms with van der Waals surface area (Å²) in [6.45, 7) is 0.292. The summed E-state index contributed by atoms with van der Waals surface area (Å²) in [5.41, 5.74) is 1.79. The summed E-state index contributed by atoms with van der Waals surface area (Å²) in [6.07, 6.45) is 0. The molecule has 0 radical (unpaired) electrons. The Morgan fingerprint density at radius 2 is 1.97 bits per heavy atom. The Bertz CT molecular complexity index is 1310. The van der Waals surface area contributed by atoms with E-state index in [1.807, 2.05) is 11.4 Å². The zero-order chi connectivity index (χ0) is 20.3. The first-order chi connectivity index (χ1) is 13.9. The van der Waals surface area contributed by atoms with Crippen molar-refractivity contribution in [2.75, 3.05) is 13.7 Å². The van der Waals surface area contributed by atoms with Crippen LogP contribution in [0.4, 0.5) is 8.78 Å². The number of likely N-dealkylation sites (N-methyl/N-ethyl adjacent to an activating group) is 1. The summed E-state index contributed by atoms with van der Waals surface area (Å²) in [7, 11) is 1.62. The fraction of sp³-hybridized carbons (Fsp3) is 0.200. The van der Waals surface area contributed by atoms with Gasteiger partial charge in [0, 0.05) is 18.3 Å². The maximum atomic E-state index is 14.0. The summed E-state index contributed by atoms with van der Waals surface area (Å²) in [5.74, 6) is -2.41. The second-order valence-corrected chi connectivity index (χ2v) is 7.93. The highest BCUT2D eigenvalue weighted by molar-refractivity contribution is 7.17. The lowest BCUT2D eigenvalue weighted by Crippen LogP contribution is -2.37. The molecule has 1 amide bonds. The molecule has 3 aromatic heterocycles. The van der Waals surface area contributed by atoms with E-state index >= 15 is 0 Å². The van der Waals surface area contributed by atoms with E-state index in [1.165, 1.54) is 16.2 Å². The van der Waals surface area contributed by atoms with Gasteiger partial charge in [-0.25, -0.2) is 8.78 Å². The van der Waals surface area contributed by atoms with Crippen molar-refractivity contribution in [2.45, 2.75) is 12.6 Å². The number of H-pyrrole nitrogens is 2. The van der Waals surface area contributed by atoms with E-state index in [9.17, 15) is 18.4 Å². The second kappa shape index (κ2) is 6.50. The van der Waals surface area contributed by atoms with Gasteiger partial charge < -0.3 is 19.6 Å².